The lowest BCUT2D eigenvalue weighted by atomic mass is 9.77. The Balaban J connectivity index is 1.52. The van der Waals surface area contributed by atoms with E-state index >= 15 is 0 Å². The molecule has 0 saturated carbocycles. The molecule has 182 valence electrons. The minimum absolute atomic E-state index is 0.231. The van der Waals surface area contributed by atoms with E-state index < -0.39 is 17.6 Å². The molecule has 0 aliphatic heterocycles. The molecule has 0 fully saturated rings. The highest BCUT2D eigenvalue weighted by Crippen LogP contribution is 2.44. The van der Waals surface area contributed by atoms with Crippen LogP contribution >= 0.6 is 0 Å². The average Bonchev–Trinajstić information content (AvgIpc) is 2.86. The average molecular weight is 483 g/mol. The molecular weight excluding hydrogens is 456 g/mol. The second kappa shape index (κ2) is 9.06. The third kappa shape index (κ3) is 4.19. The van der Waals surface area contributed by atoms with Gasteiger partial charge in [0, 0.05) is 0 Å². The fourth-order valence-corrected chi connectivity index (χ4v) is 5.55. The Bertz CT molecular complexity index is 1410. The molecule has 0 N–H and O–H groups in total. The molecule has 1 aliphatic rings. The zero-order valence-corrected chi connectivity index (χ0v) is 19.6. The summed E-state index contributed by atoms with van der Waals surface area (Å²) < 4.78 is 64.4. The molecule has 0 bridgehead atoms. The number of rotatable bonds is 5. The van der Waals surface area contributed by atoms with Gasteiger partial charge in [-0.15, -0.1) is 0 Å². The molecule has 35 heavy (non-hydrogen) atoms. The van der Waals surface area contributed by atoms with Gasteiger partial charge in [0.2, 0.25) is 0 Å². The number of hydrogen-bond donors (Lipinski definition) is 0. The van der Waals surface area contributed by atoms with Gasteiger partial charge in [-0.05, 0) is 95.1 Å². The monoisotopic (exact) mass is 482 g/mol. The summed E-state index contributed by atoms with van der Waals surface area (Å²) in [5.41, 5.74) is 1.83. The first-order valence-electron chi connectivity index (χ1n) is 11.8. The van der Waals surface area contributed by atoms with Crippen LogP contribution in [0.15, 0.2) is 54.6 Å². The van der Waals surface area contributed by atoms with Crippen molar-refractivity contribution in [2.24, 2.45) is 0 Å². The molecule has 4 aromatic rings. The maximum absolute atomic E-state index is 13.7. The Hall–Kier alpha value is -3.28. The normalized spacial score (nSPS) is 15.9. The van der Waals surface area contributed by atoms with E-state index in [4.69, 9.17) is 9.47 Å². The number of hydrogen-bond acceptors (Lipinski definition) is 2. The molecule has 4 aromatic carbocycles. The van der Waals surface area contributed by atoms with E-state index in [2.05, 4.69) is 24.3 Å². The first-order chi connectivity index (χ1) is 16.8. The van der Waals surface area contributed by atoms with Crippen molar-refractivity contribution in [1.82, 2.24) is 0 Å². The van der Waals surface area contributed by atoms with Gasteiger partial charge in [0.25, 0.3) is 0 Å². The van der Waals surface area contributed by atoms with Crippen LogP contribution in [-0.2, 0) is 19.0 Å². The van der Waals surface area contributed by atoms with Crippen molar-refractivity contribution in [3.05, 3.63) is 82.7 Å². The topological polar surface area (TPSA) is 18.5 Å². The quantitative estimate of drug-likeness (QED) is 0.211. The fraction of sp³-hybridized carbons (Fsp3) is 0.310. The van der Waals surface area contributed by atoms with Gasteiger partial charge in [-0.3, -0.25) is 0 Å². The third-order valence-corrected chi connectivity index (χ3v) is 7.21. The van der Waals surface area contributed by atoms with Gasteiger partial charge in [-0.1, -0.05) is 30.3 Å². The number of benzene rings is 4. The smallest absolute Gasteiger partial charge is 0.419 e. The largest absolute Gasteiger partial charge is 0.496 e. The predicted octanol–water partition coefficient (Wildman–Crippen LogP) is 8.22. The summed E-state index contributed by atoms with van der Waals surface area (Å²) in [6, 6.07) is 15.7. The Morgan fingerprint density at radius 1 is 0.886 bits per heavy atom. The molecule has 2 nitrogen and oxygen atoms in total. The number of ether oxygens (including phenoxy) is 2. The van der Waals surface area contributed by atoms with Crippen LogP contribution < -0.4 is 9.47 Å². The molecule has 5 rings (SSSR count). The van der Waals surface area contributed by atoms with Gasteiger partial charge in [0.1, 0.15) is 17.3 Å². The maximum Gasteiger partial charge on any atom is 0.419 e. The van der Waals surface area contributed by atoms with Crippen molar-refractivity contribution in [2.75, 3.05) is 14.2 Å². The highest BCUT2D eigenvalue weighted by Gasteiger charge is 2.34. The van der Waals surface area contributed by atoms with Crippen molar-refractivity contribution in [1.29, 1.82) is 0 Å². The molecule has 0 saturated heterocycles. The highest BCUT2D eigenvalue weighted by molar-refractivity contribution is 6.13. The second-order valence-electron chi connectivity index (χ2n) is 9.13. The number of alkyl halides is 3. The summed E-state index contributed by atoms with van der Waals surface area (Å²) >= 11 is 0. The van der Waals surface area contributed by atoms with E-state index in [1.807, 2.05) is 12.1 Å². The SMILES string of the molecule is COc1cccc2c1c(OC)cc1c3c(ccc12)C(CCc1ccc(F)c(C(F)(F)F)c1)CCC3. The zero-order chi connectivity index (χ0) is 24.7. The molecule has 6 heteroatoms. The van der Waals surface area contributed by atoms with Gasteiger partial charge in [0.15, 0.2) is 0 Å². The minimum Gasteiger partial charge on any atom is -0.496 e. The van der Waals surface area contributed by atoms with E-state index in [0.29, 0.717) is 18.4 Å². The molecule has 0 aromatic heterocycles. The zero-order valence-electron chi connectivity index (χ0n) is 19.6. The lowest BCUT2D eigenvalue weighted by Crippen LogP contribution is -2.12. The van der Waals surface area contributed by atoms with E-state index in [9.17, 15) is 17.6 Å². The summed E-state index contributed by atoms with van der Waals surface area (Å²) in [5.74, 6) is 0.518. The van der Waals surface area contributed by atoms with Gasteiger partial charge < -0.3 is 9.47 Å². The summed E-state index contributed by atoms with van der Waals surface area (Å²) in [5, 5.41) is 4.28. The number of fused-ring (bicyclic) bond motifs is 5. The van der Waals surface area contributed by atoms with E-state index in [1.54, 1.807) is 14.2 Å². The molecule has 0 amide bonds. The summed E-state index contributed by atoms with van der Waals surface area (Å²) in [4.78, 5) is 0. The molecule has 1 unspecified atom stereocenters. The van der Waals surface area contributed by atoms with Crippen molar-refractivity contribution in [3.8, 4) is 11.5 Å². The summed E-state index contributed by atoms with van der Waals surface area (Å²) in [6.45, 7) is 0. The molecule has 1 aliphatic carbocycles. The van der Waals surface area contributed by atoms with Crippen molar-refractivity contribution in [2.45, 2.75) is 44.2 Å². The van der Waals surface area contributed by atoms with Crippen LogP contribution in [0.2, 0.25) is 0 Å². The van der Waals surface area contributed by atoms with Crippen LogP contribution in [-0.4, -0.2) is 14.2 Å². The first-order valence-corrected chi connectivity index (χ1v) is 11.8. The number of halogens is 4. The molecule has 0 radical (unpaired) electrons. The fourth-order valence-electron chi connectivity index (χ4n) is 5.55. The number of methoxy groups -OCH3 is 2. The number of aryl methyl sites for hydroxylation is 2. The lowest BCUT2D eigenvalue weighted by Gasteiger charge is -2.28. The van der Waals surface area contributed by atoms with Crippen LogP contribution in [0.4, 0.5) is 17.6 Å². The van der Waals surface area contributed by atoms with Crippen molar-refractivity contribution in [3.63, 3.8) is 0 Å². The van der Waals surface area contributed by atoms with Gasteiger partial charge in [0.05, 0.1) is 25.2 Å². The third-order valence-electron chi connectivity index (χ3n) is 7.21. The highest BCUT2D eigenvalue weighted by atomic mass is 19.4. The first kappa shape index (κ1) is 23.5. The van der Waals surface area contributed by atoms with Crippen molar-refractivity contribution >= 4 is 21.5 Å². The summed E-state index contributed by atoms with van der Waals surface area (Å²) in [7, 11) is 3.30. The standard InChI is InChI=1S/C29H26F4O2/c1-34-26-8-4-7-22-21-13-12-19-18(5-3-6-20(19)23(21)16-27(35-2)28(22)26)11-9-17-10-14-25(30)24(15-17)29(31,32)33/h4,7-8,10,12-16,18H,3,5-6,9,11H2,1-2H3. The van der Waals surface area contributed by atoms with Gasteiger partial charge in [-0.2, -0.15) is 13.2 Å². The van der Waals surface area contributed by atoms with Crippen LogP contribution in [0.25, 0.3) is 21.5 Å². The van der Waals surface area contributed by atoms with Gasteiger partial charge in [-0.25, -0.2) is 4.39 Å². The Kier molecular flexibility index (Phi) is 6.07. The molecule has 1 atom stereocenters. The van der Waals surface area contributed by atoms with Crippen LogP contribution in [0.5, 0.6) is 11.5 Å². The van der Waals surface area contributed by atoms with Crippen molar-refractivity contribution < 1.29 is 27.0 Å². The second-order valence-corrected chi connectivity index (χ2v) is 9.13. The Morgan fingerprint density at radius 3 is 2.43 bits per heavy atom. The molecule has 0 spiro atoms. The predicted molar refractivity (Wildman–Crippen MR) is 130 cm³/mol. The van der Waals surface area contributed by atoms with E-state index in [-0.39, 0.29) is 5.92 Å². The maximum atomic E-state index is 13.7. The Morgan fingerprint density at radius 2 is 1.69 bits per heavy atom. The van der Waals surface area contributed by atoms with Crippen LogP contribution in [0, 0.1) is 5.82 Å². The van der Waals surface area contributed by atoms with Gasteiger partial charge >= 0.3 is 6.18 Å². The lowest BCUT2D eigenvalue weighted by molar-refractivity contribution is -0.140. The van der Waals surface area contributed by atoms with Crippen LogP contribution in [0.3, 0.4) is 0 Å². The van der Waals surface area contributed by atoms with Crippen LogP contribution in [0.1, 0.15) is 47.4 Å². The Labute approximate surface area is 201 Å². The summed E-state index contributed by atoms with van der Waals surface area (Å²) in [6.07, 6.45) is -0.599. The minimum atomic E-state index is -4.69. The molecule has 0 heterocycles. The van der Waals surface area contributed by atoms with E-state index in [1.165, 1.54) is 17.2 Å². The molecular formula is C29H26F4O2. The van der Waals surface area contributed by atoms with E-state index in [0.717, 1.165) is 64.4 Å².